The van der Waals surface area contributed by atoms with E-state index in [4.69, 9.17) is 0 Å². The van der Waals surface area contributed by atoms with Crippen molar-refractivity contribution >= 4 is 23.3 Å². The number of halogens is 5. The number of hydrogen-bond donors (Lipinski definition) is 1. The lowest BCUT2D eigenvalue weighted by Crippen LogP contribution is -2.48. The number of nitrogens with zero attached hydrogens (tertiary/aromatic N) is 4. The third kappa shape index (κ3) is 4.10. The average molecular weight is 415 g/mol. The quantitative estimate of drug-likeness (QED) is 0.779. The monoisotopic (exact) mass is 415 g/mol. The zero-order valence-corrected chi connectivity index (χ0v) is 15.1. The van der Waals surface area contributed by atoms with Gasteiger partial charge in [-0.2, -0.15) is 13.2 Å². The highest BCUT2D eigenvalue weighted by Crippen LogP contribution is 2.31. The zero-order chi connectivity index (χ0) is 21.5. The number of amides is 2. The molecule has 0 aliphatic carbocycles. The molecule has 0 bridgehead atoms. The van der Waals surface area contributed by atoms with Gasteiger partial charge in [0.15, 0.2) is 17.5 Å². The van der Waals surface area contributed by atoms with E-state index in [2.05, 4.69) is 15.4 Å². The Morgan fingerprint density at radius 2 is 1.90 bits per heavy atom. The van der Waals surface area contributed by atoms with E-state index in [1.165, 1.54) is 14.0 Å². The molecule has 7 nitrogen and oxygen atoms in total. The number of benzene rings is 1. The predicted octanol–water partition coefficient (Wildman–Crippen LogP) is 2.35. The highest BCUT2D eigenvalue weighted by atomic mass is 19.4. The fraction of sp³-hybridized carbons (Fsp3) is 0.294. The van der Waals surface area contributed by atoms with Crippen LogP contribution in [0.4, 0.5) is 33.5 Å². The van der Waals surface area contributed by atoms with E-state index >= 15 is 0 Å². The zero-order valence-electron chi connectivity index (χ0n) is 15.1. The molecule has 1 N–H and O–H groups in total. The van der Waals surface area contributed by atoms with Crippen LogP contribution in [0.3, 0.4) is 0 Å². The van der Waals surface area contributed by atoms with E-state index in [-0.39, 0.29) is 23.8 Å². The number of aromatic nitrogens is 2. The third-order valence-electron chi connectivity index (χ3n) is 4.20. The minimum absolute atomic E-state index is 0.00282. The topological polar surface area (TPSA) is 78.4 Å². The van der Waals surface area contributed by atoms with Gasteiger partial charge in [0, 0.05) is 24.9 Å². The van der Waals surface area contributed by atoms with Crippen LogP contribution in [0.15, 0.2) is 24.3 Å². The van der Waals surface area contributed by atoms with Crippen molar-refractivity contribution in [2.24, 2.45) is 0 Å². The number of hydrazine groups is 1. The van der Waals surface area contributed by atoms with Crippen LogP contribution in [0, 0.1) is 18.6 Å². The Hall–Kier alpha value is -3.31. The first-order valence-electron chi connectivity index (χ1n) is 8.21. The normalized spacial score (nSPS) is 16.7. The van der Waals surface area contributed by atoms with Crippen molar-refractivity contribution in [1.29, 1.82) is 0 Å². The summed E-state index contributed by atoms with van der Waals surface area (Å²) in [6.07, 6.45) is -5.12. The van der Waals surface area contributed by atoms with Crippen molar-refractivity contribution in [3.63, 3.8) is 0 Å². The molecule has 1 atom stereocenters. The summed E-state index contributed by atoms with van der Waals surface area (Å²) < 4.78 is 65.7. The largest absolute Gasteiger partial charge is 0.433 e. The maximum Gasteiger partial charge on any atom is 0.433 e. The molecule has 1 aliphatic rings. The summed E-state index contributed by atoms with van der Waals surface area (Å²) in [6.45, 7) is 1.24. The lowest BCUT2D eigenvalue weighted by Gasteiger charge is -2.28. The maximum absolute atomic E-state index is 13.5. The van der Waals surface area contributed by atoms with Crippen LogP contribution < -0.4 is 15.3 Å². The van der Waals surface area contributed by atoms with Gasteiger partial charge in [-0.15, -0.1) is 0 Å². The summed E-state index contributed by atoms with van der Waals surface area (Å²) in [4.78, 5) is 32.9. The molecular formula is C17H14F5N5O2. The number of hydrogen-bond acceptors (Lipinski definition) is 5. The van der Waals surface area contributed by atoms with Crippen LogP contribution in [0.2, 0.25) is 0 Å². The summed E-state index contributed by atoms with van der Waals surface area (Å²) in [5.41, 5.74) is 1.06. The van der Waals surface area contributed by atoms with Gasteiger partial charge in [0.2, 0.25) is 5.91 Å². The second-order valence-electron chi connectivity index (χ2n) is 6.28. The van der Waals surface area contributed by atoms with E-state index in [1.54, 1.807) is 0 Å². The molecule has 1 aliphatic heterocycles. The summed E-state index contributed by atoms with van der Waals surface area (Å²) in [6, 6.07) is 2.13. The van der Waals surface area contributed by atoms with Crippen LogP contribution in [0.5, 0.6) is 0 Å². The van der Waals surface area contributed by atoms with Gasteiger partial charge >= 0.3 is 6.18 Å². The molecule has 1 aromatic carbocycles. The number of carbonyl (C=O) groups is 2. The van der Waals surface area contributed by atoms with Crippen LogP contribution in [-0.2, 0) is 15.8 Å². The molecule has 154 valence electrons. The highest BCUT2D eigenvalue weighted by molar-refractivity contribution is 6.03. The van der Waals surface area contributed by atoms with Crippen molar-refractivity contribution in [2.75, 3.05) is 17.0 Å². The van der Waals surface area contributed by atoms with E-state index in [1.807, 2.05) is 0 Å². The Morgan fingerprint density at radius 1 is 1.21 bits per heavy atom. The Bertz CT molecular complexity index is 981. The number of carbonyl (C=O) groups excluding carboxylic acids is 2. The number of nitrogens with one attached hydrogen (secondary N) is 1. The van der Waals surface area contributed by atoms with Crippen LogP contribution in [-0.4, -0.2) is 34.9 Å². The first-order valence-corrected chi connectivity index (χ1v) is 8.21. The minimum atomic E-state index is -4.76. The van der Waals surface area contributed by atoms with Crippen molar-refractivity contribution < 1.29 is 31.5 Å². The van der Waals surface area contributed by atoms with Crippen molar-refractivity contribution in [3.8, 4) is 0 Å². The first-order chi connectivity index (χ1) is 13.5. The Kier molecular flexibility index (Phi) is 5.11. The molecule has 29 heavy (non-hydrogen) atoms. The average Bonchev–Trinajstić information content (AvgIpc) is 3.03. The van der Waals surface area contributed by atoms with Gasteiger partial charge in [-0.1, -0.05) is 0 Å². The molecule has 1 saturated heterocycles. The summed E-state index contributed by atoms with van der Waals surface area (Å²) in [5.74, 6) is -4.18. The van der Waals surface area contributed by atoms with E-state index in [0.717, 1.165) is 28.1 Å². The van der Waals surface area contributed by atoms with Crippen molar-refractivity contribution in [2.45, 2.75) is 25.6 Å². The smallest absolute Gasteiger partial charge is 0.314 e. The molecule has 0 saturated carbocycles. The molecule has 2 aromatic rings. The van der Waals surface area contributed by atoms with Crippen molar-refractivity contribution in [3.05, 3.63) is 47.4 Å². The molecule has 2 heterocycles. The molecule has 1 aromatic heterocycles. The highest BCUT2D eigenvalue weighted by Gasteiger charge is 2.40. The summed E-state index contributed by atoms with van der Waals surface area (Å²) >= 11 is 0. The van der Waals surface area contributed by atoms with Crippen LogP contribution >= 0.6 is 0 Å². The second kappa shape index (κ2) is 7.26. The van der Waals surface area contributed by atoms with Gasteiger partial charge in [-0.25, -0.2) is 18.7 Å². The van der Waals surface area contributed by atoms with Crippen LogP contribution in [0.25, 0.3) is 0 Å². The van der Waals surface area contributed by atoms with E-state index < -0.39 is 41.4 Å². The van der Waals surface area contributed by atoms with E-state index in [0.29, 0.717) is 6.07 Å². The minimum Gasteiger partial charge on any atom is -0.314 e. The summed E-state index contributed by atoms with van der Waals surface area (Å²) in [5, 5.41) is 0.908. The van der Waals surface area contributed by atoms with Gasteiger partial charge in [0.1, 0.15) is 17.6 Å². The number of rotatable bonds is 3. The van der Waals surface area contributed by atoms with Gasteiger partial charge < -0.3 is 4.90 Å². The lowest BCUT2D eigenvalue weighted by molar-refractivity contribution is -0.141. The van der Waals surface area contributed by atoms with Gasteiger partial charge in [-0.3, -0.25) is 20.0 Å². The molecule has 1 unspecified atom stereocenters. The Morgan fingerprint density at radius 3 is 2.52 bits per heavy atom. The fourth-order valence-electron chi connectivity index (χ4n) is 2.80. The van der Waals surface area contributed by atoms with Crippen LogP contribution in [0.1, 0.15) is 17.9 Å². The Labute approximate surface area is 161 Å². The van der Waals surface area contributed by atoms with Gasteiger partial charge in [-0.05, 0) is 19.1 Å². The molecule has 12 heteroatoms. The van der Waals surface area contributed by atoms with Crippen molar-refractivity contribution in [1.82, 2.24) is 15.4 Å². The molecule has 1 fully saturated rings. The van der Waals surface area contributed by atoms with Gasteiger partial charge in [0.25, 0.3) is 5.91 Å². The standard InChI is InChI=1S/C17H14F5N5O2/c1-8-23-13(17(20,21)22)7-14(24-8)27-12(6-15(28)25-27)16(29)26(2)9-3-4-10(18)11(19)5-9/h3-5,7,12H,6H2,1-2H3,(H,25,28). The first kappa shape index (κ1) is 20.4. The van der Waals surface area contributed by atoms with Gasteiger partial charge in [0.05, 0.1) is 6.42 Å². The Balaban J connectivity index is 1.94. The molecule has 0 spiro atoms. The number of alkyl halides is 3. The second-order valence-corrected chi connectivity index (χ2v) is 6.28. The lowest BCUT2D eigenvalue weighted by atomic mass is 10.1. The maximum atomic E-state index is 13.5. The molecule has 2 amide bonds. The number of likely N-dealkylation sites (N-methyl/N-ethyl adjacent to an activating group) is 1. The molecule has 3 rings (SSSR count). The molecule has 0 radical (unpaired) electrons. The fourth-order valence-corrected chi connectivity index (χ4v) is 2.80. The third-order valence-corrected chi connectivity index (χ3v) is 4.20. The van der Waals surface area contributed by atoms with E-state index in [9.17, 15) is 31.5 Å². The SMILES string of the molecule is Cc1nc(N2NC(=O)CC2C(=O)N(C)c2ccc(F)c(F)c2)cc(C(F)(F)F)n1. The number of anilines is 2. The molecular weight excluding hydrogens is 401 g/mol. The predicted molar refractivity (Wildman–Crippen MR) is 90.6 cm³/mol. The number of aryl methyl sites for hydroxylation is 1. The summed E-state index contributed by atoms with van der Waals surface area (Å²) in [7, 11) is 1.27.